The molecule has 1 aliphatic rings. The number of aromatic nitrogens is 1. The number of carbonyl (C=O) groups is 1. The number of alkyl carbamates (subject to hydrolysis) is 1. The summed E-state index contributed by atoms with van der Waals surface area (Å²) in [5.41, 5.74) is 1.56. The maximum atomic E-state index is 11.1. The van der Waals surface area contributed by atoms with E-state index in [9.17, 15) is 9.90 Å². The van der Waals surface area contributed by atoms with Crippen LogP contribution in [0.25, 0.3) is 0 Å². The van der Waals surface area contributed by atoms with Crippen LogP contribution in [-0.4, -0.2) is 47.3 Å². The Bertz CT molecular complexity index is 464. The van der Waals surface area contributed by atoms with Crippen LogP contribution in [0.3, 0.4) is 0 Å². The molecule has 1 fully saturated rings. The molecule has 6 heteroatoms. The lowest BCUT2D eigenvalue weighted by atomic mass is 10.2. The van der Waals surface area contributed by atoms with Crippen molar-refractivity contribution in [1.82, 2.24) is 15.2 Å². The zero-order valence-electron chi connectivity index (χ0n) is 11.2. The van der Waals surface area contributed by atoms with Crippen molar-refractivity contribution in [3.05, 3.63) is 23.5 Å². The van der Waals surface area contributed by atoms with Crippen molar-refractivity contribution in [3.8, 4) is 5.75 Å². The van der Waals surface area contributed by atoms with E-state index < -0.39 is 6.09 Å². The second-order valence-corrected chi connectivity index (χ2v) is 4.78. The first-order chi connectivity index (χ1) is 9.08. The summed E-state index contributed by atoms with van der Waals surface area (Å²) in [5, 5.41) is 12.6. The Morgan fingerprint density at radius 2 is 2.42 bits per heavy atom. The lowest BCUT2D eigenvalue weighted by molar-refractivity contribution is 0.166. The molecule has 0 aromatic carbocycles. The highest BCUT2D eigenvalue weighted by Crippen LogP contribution is 2.19. The highest BCUT2D eigenvalue weighted by Gasteiger charge is 2.25. The van der Waals surface area contributed by atoms with Gasteiger partial charge in [0, 0.05) is 31.4 Å². The van der Waals surface area contributed by atoms with Gasteiger partial charge in [0.05, 0.1) is 12.8 Å². The van der Waals surface area contributed by atoms with Gasteiger partial charge in [-0.05, 0) is 25.5 Å². The van der Waals surface area contributed by atoms with E-state index in [0.29, 0.717) is 12.2 Å². The van der Waals surface area contributed by atoms with Crippen LogP contribution in [-0.2, 0) is 11.3 Å². The molecular weight excluding hydrogens is 246 g/mol. The minimum Gasteiger partial charge on any atom is -0.506 e. The third kappa shape index (κ3) is 3.57. The van der Waals surface area contributed by atoms with Crippen molar-refractivity contribution >= 4 is 6.09 Å². The van der Waals surface area contributed by atoms with Gasteiger partial charge in [0.2, 0.25) is 0 Å². The smallest absolute Gasteiger partial charge is 0.407 e. The van der Waals surface area contributed by atoms with Crippen LogP contribution in [0.2, 0.25) is 0 Å². The van der Waals surface area contributed by atoms with Crippen LogP contribution >= 0.6 is 0 Å². The van der Waals surface area contributed by atoms with Crippen molar-refractivity contribution < 1.29 is 14.6 Å². The lowest BCUT2D eigenvalue weighted by Gasteiger charge is -2.16. The van der Waals surface area contributed by atoms with Crippen LogP contribution in [0.5, 0.6) is 5.75 Å². The van der Waals surface area contributed by atoms with Crippen molar-refractivity contribution in [1.29, 1.82) is 0 Å². The van der Waals surface area contributed by atoms with E-state index >= 15 is 0 Å². The molecule has 0 spiro atoms. The summed E-state index contributed by atoms with van der Waals surface area (Å²) in [6.07, 6.45) is 0.477. The number of hydrogen-bond donors (Lipinski definition) is 2. The average molecular weight is 265 g/mol. The van der Waals surface area contributed by atoms with Crippen LogP contribution < -0.4 is 5.32 Å². The molecule has 0 radical (unpaired) electrons. The van der Waals surface area contributed by atoms with Gasteiger partial charge >= 0.3 is 6.09 Å². The number of ether oxygens (including phenoxy) is 1. The van der Waals surface area contributed by atoms with E-state index in [4.69, 9.17) is 0 Å². The third-order valence-corrected chi connectivity index (χ3v) is 3.24. The third-order valence-electron chi connectivity index (χ3n) is 3.24. The van der Waals surface area contributed by atoms with Crippen molar-refractivity contribution in [2.45, 2.75) is 25.9 Å². The number of pyridine rings is 1. The Morgan fingerprint density at radius 1 is 1.63 bits per heavy atom. The van der Waals surface area contributed by atoms with Gasteiger partial charge in [0.25, 0.3) is 0 Å². The average Bonchev–Trinajstić information content (AvgIpc) is 2.81. The molecule has 2 heterocycles. The topological polar surface area (TPSA) is 74.7 Å². The largest absolute Gasteiger partial charge is 0.506 e. The SMILES string of the molecule is COC(=O)NC1CCN(Cc2nc(C)ccc2O)C1. The van der Waals surface area contributed by atoms with Gasteiger partial charge in [0.15, 0.2) is 0 Å². The highest BCUT2D eigenvalue weighted by molar-refractivity contribution is 5.67. The first-order valence-corrected chi connectivity index (χ1v) is 6.31. The molecule has 104 valence electrons. The standard InChI is InChI=1S/C13H19N3O3/c1-9-3-4-12(17)11(14-9)8-16-6-5-10(7-16)15-13(18)19-2/h3-4,10,17H,5-8H2,1-2H3,(H,15,18). The molecule has 19 heavy (non-hydrogen) atoms. The summed E-state index contributed by atoms with van der Waals surface area (Å²) in [6.45, 7) is 4.09. The van der Waals surface area contributed by atoms with Crippen LogP contribution in [0.15, 0.2) is 12.1 Å². The molecular formula is C13H19N3O3. The van der Waals surface area contributed by atoms with Gasteiger partial charge in [-0.1, -0.05) is 0 Å². The Kier molecular flexibility index (Phi) is 4.21. The predicted octanol–water partition coefficient (Wildman–Crippen LogP) is 1.03. The molecule has 6 nitrogen and oxygen atoms in total. The number of rotatable bonds is 3. The number of likely N-dealkylation sites (tertiary alicyclic amines) is 1. The molecule has 2 rings (SSSR count). The number of amides is 1. The zero-order chi connectivity index (χ0) is 13.8. The van der Waals surface area contributed by atoms with Gasteiger partial charge in [0.1, 0.15) is 5.75 Å². The number of hydrogen-bond acceptors (Lipinski definition) is 5. The van der Waals surface area contributed by atoms with Gasteiger partial charge in [-0.3, -0.25) is 9.88 Å². The van der Waals surface area contributed by atoms with Crippen molar-refractivity contribution in [3.63, 3.8) is 0 Å². The monoisotopic (exact) mass is 265 g/mol. The van der Waals surface area contributed by atoms with Crippen LogP contribution in [0.1, 0.15) is 17.8 Å². The lowest BCUT2D eigenvalue weighted by Crippen LogP contribution is -2.36. The number of nitrogens with one attached hydrogen (secondary N) is 1. The molecule has 1 unspecified atom stereocenters. The van der Waals surface area contributed by atoms with E-state index in [1.807, 2.05) is 6.92 Å². The molecule has 1 aromatic heterocycles. The van der Waals surface area contributed by atoms with Crippen LogP contribution in [0.4, 0.5) is 4.79 Å². The van der Waals surface area contributed by atoms with Gasteiger partial charge in [-0.2, -0.15) is 0 Å². The Labute approximate surface area is 112 Å². The second-order valence-electron chi connectivity index (χ2n) is 4.78. The minimum atomic E-state index is -0.400. The highest BCUT2D eigenvalue weighted by atomic mass is 16.5. The summed E-state index contributed by atoms with van der Waals surface area (Å²) in [4.78, 5) is 17.6. The Hall–Kier alpha value is -1.82. The number of methoxy groups -OCH3 is 1. The number of nitrogens with zero attached hydrogens (tertiary/aromatic N) is 2. The molecule has 1 saturated heterocycles. The van der Waals surface area contributed by atoms with Crippen molar-refractivity contribution in [2.24, 2.45) is 0 Å². The van der Waals surface area contributed by atoms with Crippen LogP contribution in [0, 0.1) is 6.92 Å². The first-order valence-electron chi connectivity index (χ1n) is 6.31. The summed E-state index contributed by atoms with van der Waals surface area (Å²) in [7, 11) is 1.36. The maximum absolute atomic E-state index is 11.1. The van der Waals surface area contributed by atoms with E-state index in [1.54, 1.807) is 12.1 Å². The van der Waals surface area contributed by atoms with Crippen molar-refractivity contribution in [2.75, 3.05) is 20.2 Å². The van der Waals surface area contributed by atoms with Gasteiger partial charge in [-0.25, -0.2) is 4.79 Å². The molecule has 1 aromatic rings. The van der Waals surface area contributed by atoms with E-state index in [-0.39, 0.29) is 11.8 Å². The van der Waals surface area contributed by atoms with E-state index in [1.165, 1.54) is 7.11 Å². The maximum Gasteiger partial charge on any atom is 0.407 e. The van der Waals surface area contributed by atoms with Gasteiger partial charge in [-0.15, -0.1) is 0 Å². The molecule has 2 N–H and O–H groups in total. The Morgan fingerprint density at radius 3 is 3.16 bits per heavy atom. The minimum absolute atomic E-state index is 0.0967. The molecule has 1 amide bonds. The van der Waals surface area contributed by atoms with Gasteiger partial charge < -0.3 is 15.2 Å². The first kappa shape index (κ1) is 13.6. The summed E-state index contributed by atoms with van der Waals surface area (Å²) < 4.78 is 4.58. The molecule has 0 aliphatic carbocycles. The number of carbonyl (C=O) groups excluding carboxylic acids is 1. The predicted molar refractivity (Wildman–Crippen MR) is 69.9 cm³/mol. The molecule has 1 atom stereocenters. The normalized spacial score (nSPS) is 19.4. The fourth-order valence-corrected chi connectivity index (χ4v) is 2.25. The summed E-state index contributed by atoms with van der Waals surface area (Å²) in [5.74, 6) is 0.218. The molecule has 1 aliphatic heterocycles. The summed E-state index contributed by atoms with van der Waals surface area (Å²) in [6, 6.07) is 3.54. The molecule has 0 saturated carbocycles. The Balaban J connectivity index is 1.91. The quantitative estimate of drug-likeness (QED) is 0.853. The number of aromatic hydroxyl groups is 1. The second kappa shape index (κ2) is 5.88. The number of aryl methyl sites for hydroxylation is 1. The fraction of sp³-hybridized carbons (Fsp3) is 0.538. The summed E-state index contributed by atoms with van der Waals surface area (Å²) >= 11 is 0. The molecule has 0 bridgehead atoms. The fourth-order valence-electron chi connectivity index (χ4n) is 2.25. The zero-order valence-corrected chi connectivity index (χ0v) is 11.2. The van der Waals surface area contributed by atoms with E-state index in [2.05, 4.69) is 19.9 Å². The van der Waals surface area contributed by atoms with E-state index in [0.717, 1.165) is 25.2 Å².